The van der Waals surface area contributed by atoms with Crippen molar-refractivity contribution in [2.45, 2.75) is 84.1 Å². The molecule has 0 radical (unpaired) electrons. The number of hydrogen-bond donors (Lipinski definition) is 0. The van der Waals surface area contributed by atoms with Crippen molar-refractivity contribution in [1.82, 2.24) is 0 Å². The van der Waals surface area contributed by atoms with Crippen molar-refractivity contribution >= 4 is 0 Å². The largest absolute Gasteiger partial charge is 0.329 e. The van der Waals surface area contributed by atoms with Crippen LogP contribution in [0.1, 0.15) is 78.1 Å². The summed E-state index contributed by atoms with van der Waals surface area (Å²) in [7, 11) is 6.91. The molecule has 1 atom stereocenters. The molecule has 0 aliphatic rings. The molecule has 0 spiro atoms. The fourth-order valence-electron chi connectivity index (χ4n) is 2.14. The van der Waals surface area contributed by atoms with Crippen LogP contribution in [0.2, 0.25) is 0 Å². The van der Waals surface area contributed by atoms with Gasteiger partial charge in [0.2, 0.25) is 0 Å². The van der Waals surface area contributed by atoms with Crippen molar-refractivity contribution in [2.75, 3.05) is 21.1 Å². The topological polar surface area (TPSA) is 0 Å². The highest BCUT2D eigenvalue weighted by Gasteiger charge is 2.16. The Bertz CT molecular complexity index is 157. The van der Waals surface area contributed by atoms with Crippen molar-refractivity contribution in [3.63, 3.8) is 0 Å². The molecule has 0 heterocycles. The summed E-state index contributed by atoms with van der Waals surface area (Å²) in [6.07, 6.45) is 14.3. The van der Waals surface area contributed by atoms with E-state index in [1.807, 2.05) is 0 Å². The zero-order chi connectivity index (χ0) is 13.1. The number of quaternary nitrogens is 1. The van der Waals surface area contributed by atoms with E-state index in [9.17, 15) is 0 Å². The highest BCUT2D eigenvalue weighted by Crippen LogP contribution is 2.14. The molecule has 0 saturated carbocycles. The molecule has 1 unspecified atom stereocenters. The first-order chi connectivity index (χ1) is 7.98. The maximum absolute atomic E-state index is 2.38. The van der Waals surface area contributed by atoms with Crippen LogP contribution in [0.15, 0.2) is 0 Å². The molecule has 0 saturated heterocycles. The Morgan fingerprint density at radius 3 is 1.53 bits per heavy atom. The van der Waals surface area contributed by atoms with Gasteiger partial charge in [0.25, 0.3) is 0 Å². The van der Waals surface area contributed by atoms with Gasteiger partial charge in [-0.3, -0.25) is 0 Å². The summed E-state index contributed by atoms with van der Waals surface area (Å²) in [5, 5.41) is 0. The molecule has 0 fully saturated rings. The maximum Gasteiger partial charge on any atom is 0.0855 e. The summed E-state index contributed by atoms with van der Waals surface area (Å²) in [6.45, 7) is 4.67. The summed E-state index contributed by atoms with van der Waals surface area (Å²) in [5.41, 5.74) is 0. The highest BCUT2D eigenvalue weighted by atomic mass is 15.3. The van der Waals surface area contributed by atoms with Gasteiger partial charge in [0, 0.05) is 0 Å². The molecule has 0 aromatic heterocycles. The summed E-state index contributed by atoms with van der Waals surface area (Å²) in [5.74, 6) is 0. The van der Waals surface area contributed by atoms with E-state index < -0.39 is 0 Å². The average Bonchev–Trinajstić information content (AvgIpc) is 2.25. The van der Waals surface area contributed by atoms with Gasteiger partial charge in [-0.25, -0.2) is 0 Å². The van der Waals surface area contributed by atoms with Gasteiger partial charge in [-0.2, -0.15) is 0 Å². The van der Waals surface area contributed by atoms with E-state index in [1.54, 1.807) is 0 Å². The van der Waals surface area contributed by atoms with E-state index in [-0.39, 0.29) is 0 Å². The summed E-state index contributed by atoms with van der Waals surface area (Å²) in [4.78, 5) is 0. The van der Waals surface area contributed by atoms with Crippen LogP contribution in [0.4, 0.5) is 0 Å². The van der Waals surface area contributed by atoms with Gasteiger partial charge in [0.05, 0.1) is 27.2 Å². The number of unbranched alkanes of at least 4 members (excludes halogenated alkanes) is 8. The smallest absolute Gasteiger partial charge is 0.0855 e. The van der Waals surface area contributed by atoms with E-state index in [0.29, 0.717) is 0 Å². The fraction of sp³-hybridized carbons (Fsp3) is 1.00. The Morgan fingerprint density at radius 2 is 1.12 bits per heavy atom. The maximum atomic E-state index is 2.38. The van der Waals surface area contributed by atoms with Gasteiger partial charge < -0.3 is 4.48 Å². The number of rotatable bonds is 11. The minimum absolute atomic E-state index is 0.805. The van der Waals surface area contributed by atoms with E-state index in [0.717, 1.165) is 10.5 Å². The molecule has 0 aliphatic carbocycles. The van der Waals surface area contributed by atoms with Crippen molar-refractivity contribution < 1.29 is 4.48 Å². The first-order valence-electron chi connectivity index (χ1n) is 7.79. The van der Waals surface area contributed by atoms with Crippen molar-refractivity contribution in [3.05, 3.63) is 0 Å². The Labute approximate surface area is 110 Å². The number of nitrogens with zero attached hydrogens (tertiary/aromatic N) is 1. The van der Waals surface area contributed by atoms with E-state index in [1.165, 1.54) is 64.2 Å². The first-order valence-corrected chi connectivity index (χ1v) is 7.79. The average molecular weight is 242 g/mol. The minimum Gasteiger partial charge on any atom is -0.329 e. The predicted octanol–water partition coefficient (Wildman–Crippen LogP) is 5.00. The first kappa shape index (κ1) is 17.0. The van der Waals surface area contributed by atoms with Crippen molar-refractivity contribution in [1.29, 1.82) is 0 Å². The van der Waals surface area contributed by atoms with Crippen LogP contribution in [0, 0.1) is 0 Å². The molecule has 0 aromatic carbocycles. The van der Waals surface area contributed by atoms with E-state index in [2.05, 4.69) is 35.0 Å². The highest BCUT2D eigenvalue weighted by molar-refractivity contribution is 4.52. The molecule has 1 nitrogen and oxygen atoms in total. The second kappa shape index (κ2) is 9.94. The Balaban J connectivity index is 3.19. The van der Waals surface area contributed by atoms with E-state index in [4.69, 9.17) is 0 Å². The van der Waals surface area contributed by atoms with Crippen molar-refractivity contribution in [3.8, 4) is 0 Å². The summed E-state index contributed by atoms with van der Waals surface area (Å²) >= 11 is 0. The molecule has 0 N–H and O–H groups in total. The monoisotopic (exact) mass is 242 g/mol. The van der Waals surface area contributed by atoms with Crippen LogP contribution in [0.5, 0.6) is 0 Å². The van der Waals surface area contributed by atoms with Crippen LogP contribution in [-0.4, -0.2) is 31.7 Å². The molecule has 0 aromatic rings. The quantitative estimate of drug-likeness (QED) is 0.353. The third-order valence-electron chi connectivity index (χ3n) is 4.05. The van der Waals surface area contributed by atoms with Gasteiger partial charge in [0.15, 0.2) is 0 Å². The minimum atomic E-state index is 0.805. The molecule has 1 heteroatoms. The van der Waals surface area contributed by atoms with Crippen LogP contribution in [-0.2, 0) is 0 Å². The third-order valence-corrected chi connectivity index (χ3v) is 4.05. The van der Waals surface area contributed by atoms with Gasteiger partial charge in [-0.1, -0.05) is 58.3 Å². The SMILES string of the molecule is CCCCCCCCCCCC(C)[N+](C)(C)C. The third kappa shape index (κ3) is 10.8. The summed E-state index contributed by atoms with van der Waals surface area (Å²) in [6, 6.07) is 0.805. The van der Waals surface area contributed by atoms with Gasteiger partial charge in [-0.05, 0) is 19.8 Å². The second-order valence-electron chi connectivity index (χ2n) is 6.58. The molecular weight excluding hydrogens is 206 g/mol. The molecule has 0 aliphatic heterocycles. The molecule has 104 valence electrons. The lowest BCUT2D eigenvalue weighted by molar-refractivity contribution is -0.894. The van der Waals surface area contributed by atoms with Gasteiger partial charge >= 0.3 is 0 Å². The lowest BCUT2D eigenvalue weighted by Crippen LogP contribution is -2.43. The fourth-order valence-corrected chi connectivity index (χ4v) is 2.14. The van der Waals surface area contributed by atoms with Crippen molar-refractivity contribution in [2.24, 2.45) is 0 Å². The Kier molecular flexibility index (Phi) is 9.91. The lowest BCUT2D eigenvalue weighted by atomic mass is 10.0. The van der Waals surface area contributed by atoms with Gasteiger partial charge in [0.1, 0.15) is 0 Å². The molecule has 0 amide bonds. The molecular formula is C16H36N+. The lowest BCUT2D eigenvalue weighted by Gasteiger charge is -2.31. The zero-order valence-electron chi connectivity index (χ0n) is 13.1. The van der Waals surface area contributed by atoms with Crippen LogP contribution >= 0.6 is 0 Å². The van der Waals surface area contributed by atoms with Crippen LogP contribution < -0.4 is 0 Å². The number of hydrogen-bond acceptors (Lipinski definition) is 0. The van der Waals surface area contributed by atoms with Gasteiger partial charge in [-0.15, -0.1) is 0 Å². The second-order valence-corrected chi connectivity index (χ2v) is 6.58. The van der Waals surface area contributed by atoms with Crippen LogP contribution in [0.3, 0.4) is 0 Å². The molecule has 0 bridgehead atoms. The normalized spacial score (nSPS) is 13.9. The predicted molar refractivity (Wildman–Crippen MR) is 79.3 cm³/mol. The molecule has 0 rings (SSSR count). The van der Waals surface area contributed by atoms with Crippen LogP contribution in [0.25, 0.3) is 0 Å². The Morgan fingerprint density at radius 1 is 0.706 bits per heavy atom. The standard InChI is InChI=1S/C16H36N/c1-6-7-8-9-10-11-12-13-14-15-16(2)17(3,4)5/h16H,6-15H2,1-5H3/q+1. The zero-order valence-corrected chi connectivity index (χ0v) is 13.1. The molecule has 17 heavy (non-hydrogen) atoms. The van der Waals surface area contributed by atoms with E-state index >= 15 is 0 Å². The Hall–Kier alpha value is -0.0400. The summed E-state index contributed by atoms with van der Waals surface area (Å²) < 4.78 is 1.11.